The van der Waals surface area contributed by atoms with Crippen LogP contribution in [0.25, 0.3) is 17.1 Å². The van der Waals surface area contributed by atoms with Gasteiger partial charge in [0.2, 0.25) is 5.91 Å². The molecule has 1 aromatic heterocycles. The van der Waals surface area contributed by atoms with Crippen LogP contribution >= 0.6 is 23.4 Å². The Balaban J connectivity index is 1.60. The van der Waals surface area contributed by atoms with Crippen molar-refractivity contribution in [2.45, 2.75) is 19.0 Å². The third-order valence-electron chi connectivity index (χ3n) is 4.66. The van der Waals surface area contributed by atoms with Crippen LogP contribution in [0.4, 0.5) is 5.69 Å². The average Bonchev–Trinajstić information content (AvgIpc) is 3.17. The number of carbonyl (C=O) groups is 1. The minimum Gasteiger partial charge on any atom is -0.325 e. The SMILES string of the molecule is Cc1ccc(-c2nnc(SCC(=O)Nc3cccc(C)c3)n2-c2ccc(Cl)cc2)cc1. The Bertz CT molecular complexity index is 1200. The van der Waals surface area contributed by atoms with E-state index in [1.54, 1.807) is 0 Å². The molecule has 1 amide bonds. The lowest BCUT2D eigenvalue weighted by molar-refractivity contribution is -0.113. The molecule has 0 saturated carbocycles. The van der Waals surface area contributed by atoms with Gasteiger partial charge in [0, 0.05) is 22.0 Å². The van der Waals surface area contributed by atoms with Gasteiger partial charge in [-0.3, -0.25) is 9.36 Å². The van der Waals surface area contributed by atoms with Crippen molar-refractivity contribution in [2.24, 2.45) is 0 Å². The van der Waals surface area contributed by atoms with Gasteiger partial charge in [-0.2, -0.15) is 0 Å². The fraction of sp³-hybridized carbons (Fsp3) is 0.125. The molecular weight excluding hydrogens is 428 g/mol. The molecule has 0 aliphatic rings. The fourth-order valence-electron chi connectivity index (χ4n) is 3.13. The zero-order valence-electron chi connectivity index (χ0n) is 17.2. The molecule has 156 valence electrons. The normalized spacial score (nSPS) is 10.8. The molecule has 4 rings (SSSR count). The number of nitrogens with one attached hydrogen (secondary N) is 1. The Hall–Kier alpha value is -3.09. The summed E-state index contributed by atoms with van der Waals surface area (Å²) in [5.74, 6) is 0.829. The summed E-state index contributed by atoms with van der Waals surface area (Å²) in [5.41, 5.74) is 4.88. The number of thioether (sulfide) groups is 1. The molecule has 0 fully saturated rings. The van der Waals surface area contributed by atoms with Crippen LogP contribution in [0.15, 0.2) is 78.0 Å². The summed E-state index contributed by atoms with van der Waals surface area (Å²) >= 11 is 7.42. The van der Waals surface area contributed by atoms with Crippen LogP contribution in [-0.4, -0.2) is 26.4 Å². The zero-order chi connectivity index (χ0) is 21.8. The summed E-state index contributed by atoms with van der Waals surface area (Å²) in [7, 11) is 0. The maximum absolute atomic E-state index is 12.5. The summed E-state index contributed by atoms with van der Waals surface area (Å²) in [4.78, 5) is 12.5. The Morgan fingerprint density at radius 2 is 1.71 bits per heavy atom. The van der Waals surface area contributed by atoms with Gasteiger partial charge in [-0.15, -0.1) is 10.2 Å². The predicted octanol–water partition coefficient (Wildman–Crippen LogP) is 5.94. The predicted molar refractivity (Wildman–Crippen MR) is 127 cm³/mol. The van der Waals surface area contributed by atoms with Crippen molar-refractivity contribution in [1.29, 1.82) is 0 Å². The lowest BCUT2D eigenvalue weighted by atomic mass is 10.1. The molecule has 0 spiro atoms. The van der Waals surface area contributed by atoms with Gasteiger partial charge in [-0.1, -0.05) is 65.3 Å². The third kappa shape index (κ3) is 5.16. The summed E-state index contributed by atoms with van der Waals surface area (Å²) in [6, 6.07) is 23.3. The quantitative estimate of drug-likeness (QED) is 0.371. The Morgan fingerprint density at radius 3 is 2.42 bits per heavy atom. The van der Waals surface area contributed by atoms with E-state index in [0.29, 0.717) is 16.0 Å². The Kier molecular flexibility index (Phi) is 6.39. The first-order valence-corrected chi connectivity index (χ1v) is 11.1. The molecular formula is C24H21ClN4OS. The van der Waals surface area contributed by atoms with Crippen molar-refractivity contribution in [1.82, 2.24) is 14.8 Å². The van der Waals surface area contributed by atoms with Crippen molar-refractivity contribution in [2.75, 3.05) is 11.1 Å². The lowest BCUT2D eigenvalue weighted by Gasteiger charge is -2.11. The molecule has 0 bridgehead atoms. The Morgan fingerprint density at radius 1 is 0.968 bits per heavy atom. The number of rotatable bonds is 6. The monoisotopic (exact) mass is 448 g/mol. The number of halogens is 1. The number of benzene rings is 3. The molecule has 0 atom stereocenters. The number of aryl methyl sites for hydroxylation is 2. The van der Waals surface area contributed by atoms with E-state index in [1.165, 1.54) is 17.3 Å². The molecule has 0 radical (unpaired) electrons. The van der Waals surface area contributed by atoms with Gasteiger partial charge in [0.1, 0.15) is 0 Å². The van der Waals surface area contributed by atoms with Crippen LogP contribution in [0.5, 0.6) is 0 Å². The highest BCUT2D eigenvalue weighted by Gasteiger charge is 2.17. The van der Waals surface area contributed by atoms with Crippen molar-refractivity contribution >= 4 is 35.0 Å². The van der Waals surface area contributed by atoms with E-state index in [9.17, 15) is 4.79 Å². The van der Waals surface area contributed by atoms with Gasteiger partial charge in [-0.25, -0.2) is 0 Å². The summed E-state index contributed by atoms with van der Waals surface area (Å²) in [6.45, 7) is 4.04. The summed E-state index contributed by atoms with van der Waals surface area (Å²) in [6.07, 6.45) is 0. The van der Waals surface area contributed by atoms with Crippen molar-refractivity contribution in [3.05, 3.63) is 88.9 Å². The molecule has 4 aromatic rings. The number of amides is 1. The second-order valence-corrected chi connectivity index (χ2v) is 8.57. The van der Waals surface area contributed by atoms with E-state index >= 15 is 0 Å². The first kappa shape index (κ1) is 21.2. The number of anilines is 1. The second-order valence-electron chi connectivity index (χ2n) is 7.19. The van der Waals surface area contributed by atoms with Gasteiger partial charge < -0.3 is 5.32 Å². The minimum atomic E-state index is -0.0989. The number of hydrogen-bond donors (Lipinski definition) is 1. The van der Waals surface area contributed by atoms with E-state index < -0.39 is 0 Å². The zero-order valence-corrected chi connectivity index (χ0v) is 18.7. The van der Waals surface area contributed by atoms with E-state index in [4.69, 9.17) is 11.6 Å². The van der Waals surface area contributed by atoms with Gasteiger partial charge in [0.05, 0.1) is 5.75 Å². The van der Waals surface area contributed by atoms with Gasteiger partial charge in [0.15, 0.2) is 11.0 Å². The number of carbonyl (C=O) groups excluding carboxylic acids is 1. The van der Waals surface area contributed by atoms with E-state index in [1.807, 2.05) is 91.2 Å². The largest absolute Gasteiger partial charge is 0.325 e. The first-order valence-electron chi connectivity index (χ1n) is 9.77. The van der Waals surface area contributed by atoms with Crippen molar-refractivity contribution < 1.29 is 4.79 Å². The molecule has 3 aromatic carbocycles. The molecule has 7 heteroatoms. The van der Waals surface area contributed by atoms with Crippen LogP contribution < -0.4 is 5.32 Å². The molecule has 0 aliphatic heterocycles. The van der Waals surface area contributed by atoms with Crippen LogP contribution in [0, 0.1) is 13.8 Å². The van der Waals surface area contributed by atoms with Crippen LogP contribution in [0.1, 0.15) is 11.1 Å². The molecule has 0 aliphatic carbocycles. The fourth-order valence-corrected chi connectivity index (χ4v) is 4.00. The highest BCUT2D eigenvalue weighted by Crippen LogP contribution is 2.29. The summed E-state index contributed by atoms with van der Waals surface area (Å²) < 4.78 is 1.95. The molecule has 1 heterocycles. The van der Waals surface area contributed by atoms with E-state index in [-0.39, 0.29) is 11.7 Å². The topological polar surface area (TPSA) is 59.8 Å². The standard InChI is InChI=1S/C24H21ClN4OS/c1-16-6-8-18(9-7-16)23-27-28-24(29(23)21-12-10-19(25)11-13-21)31-15-22(30)26-20-5-3-4-17(2)14-20/h3-14H,15H2,1-2H3,(H,26,30). The first-order chi connectivity index (χ1) is 15.0. The molecule has 31 heavy (non-hydrogen) atoms. The highest BCUT2D eigenvalue weighted by molar-refractivity contribution is 7.99. The van der Waals surface area contributed by atoms with Crippen LogP contribution in [0.3, 0.4) is 0 Å². The van der Waals surface area contributed by atoms with Gasteiger partial charge in [-0.05, 0) is 55.8 Å². The van der Waals surface area contributed by atoms with Crippen LogP contribution in [-0.2, 0) is 4.79 Å². The number of aromatic nitrogens is 3. The summed E-state index contributed by atoms with van der Waals surface area (Å²) in [5, 5.41) is 13.0. The molecule has 1 N–H and O–H groups in total. The Labute approximate surface area is 190 Å². The molecule has 5 nitrogen and oxygen atoms in total. The third-order valence-corrected chi connectivity index (χ3v) is 5.84. The smallest absolute Gasteiger partial charge is 0.234 e. The molecule has 0 unspecified atom stereocenters. The lowest BCUT2D eigenvalue weighted by Crippen LogP contribution is -2.14. The van der Waals surface area contributed by atoms with E-state index in [2.05, 4.69) is 15.5 Å². The van der Waals surface area contributed by atoms with Crippen molar-refractivity contribution in [3.63, 3.8) is 0 Å². The highest BCUT2D eigenvalue weighted by atomic mass is 35.5. The average molecular weight is 449 g/mol. The number of nitrogens with zero attached hydrogens (tertiary/aromatic N) is 3. The maximum Gasteiger partial charge on any atom is 0.234 e. The molecule has 0 saturated heterocycles. The number of hydrogen-bond acceptors (Lipinski definition) is 4. The van der Waals surface area contributed by atoms with E-state index in [0.717, 1.165) is 22.5 Å². The minimum absolute atomic E-state index is 0.0989. The van der Waals surface area contributed by atoms with Crippen molar-refractivity contribution in [3.8, 4) is 17.1 Å². The van der Waals surface area contributed by atoms with Crippen LogP contribution in [0.2, 0.25) is 5.02 Å². The van der Waals surface area contributed by atoms with Gasteiger partial charge in [0.25, 0.3) is 0 Å². The van der Waals surface area contributed by atoms with Gasteiger partial charge >= 0.3 is 0 Å². The second kappa shape index (κ2) is 9.37. The maximum atomic E-state index is 12.5.